The summed E-state index contributed by atoms with van der Waals surface area (Å²) in [5, 5.41) is 4.03. The molecule has 5 heteroatoms. The molecule has 88 valence electrons. The highest BCUT2D eigenvalue weighted by molar-refractivity contribution is 5.70. The summed E-state index contributed by atoms with van der Waals surface area (Å²) >= 11 is 0. The van der Waals surface area contributed by atoms with Crippen molar-refractivity contribution in [1.82, 2.24) is 9.78 Å². The number of hydrogen-bond acceptors (Lipinski definition) is 4. The highest BCUT2D eigenvalue weighted by Gasteiger charge is 2.42. The number of ether oxygens (including phenoxy) is 2. The van der Waals surface area contributed by atoms with Gasteiger partial charge in [0.05, 0.1) is 25.9 Å². The van der Waals surface area contributed by atoms with Gasteiger partial charge in [-0.2, -0.15) is 5.10 Å². The summed E-state index contributed by atoms with van der Waals surface area (Å²) in [5.41, 5.74) is -0.365. The van der Waals surface area contributed by atoms with E-state index in [0.717, 1.165) is 19.3 Å². The smallest absolute Gasteiger partial charge is 0.309 e. The van der Waals surface area contributed by atoms with E-state index in [-0.39, 0.29) is 11.6 Å². The van der Waals surface area contributed by atoms with Crippen molar-refractivity contribution in [3.63, 3.8) is 0 Å². The molecule has 0 atom stereocenters. The first kappa shape index (κ1) is 11.0. The van der Waals surface area contributed by atoms with Gasteiger partial charge in [0.25, 0.3) is 0 Å². The molecule has 1 aliphatic carbocycles. The molecule has 1 aliphatic rings. The number of rotatable bonds is 4. The van der Waals surface area contributed by atoms with Crippen LogP contribution in [0.15, 0.2) is 12.4 Å². The Morgan fingerprint density at radius 1 is 1.62 bits per heavy atom. The van der Waals surface area contributed by atoms with Gasteiger partial charge in [0.1, 0.15) is 5.60 Å². The zero-order valence-corrected chi connectivity index (χ0v) is 9.60. The predicted octanol–water partition coefficient (Wildman–Crippen LogP) is 1.28. The van der Waals surface area contributed by atoms with Crippen LogP contribution in [0.4, 0.5) is 0 Å². The van der Waals surface area contributed by atoms with E-state index in [4.69, 9.17) is 4.74 Å². The van der Waals surface area contributed by atoms with Gasteiger partial charge in [-0.1, -0.05) is 0 Å². The number of aromatic nitrogens is 2. The molecular formula is C11H16N2O3. The fourth-order valence-corrected chi connectivity index (χ4v) is 1.92. The van der Waals surface area contributed by atoms with E-state index in [1.165, 1.54) is 7.11 Å². The summed E-state index contributed by atoms with van der Waals surface area (Å²) in [7, 11) is 3.24. The fourth-order valence-electron chi connectivity index (χ4n) is 1.92. The van der Waals surface area contributed by atoms with Gasteiger partial charge in [-0.3, -0.25) is 9.48 Å². The molecule has 16 heavy (non-hydrogen) atoms. The second-order valence-electron chi connectivity index (χ2n) is 4.24. The lowest BCUT2D eigenvalue weighted by Crippen LogP contribution is -2.45. The van der Waals surface area contributed by atoms with Crippen LogP contribution in [0.2, 0.25) is 0 Å². The van der Waals surface area contributed by atoms with Gasteiger partial charge < -0.3 is 9.47 Å². The molecule has 0 spiro atoms. The Balaban J connectivity index is 2.02. The molecular weight excluding hydrogens is 208 g/mol. The monoisotopic (exact) mass is 224 g/mol. The molecule has 0 aromatic carbocycles. The lowest BCUT2D eigenvalue weighted by molar-refractivity contribution is -0.148. The number of hydrogen-bond donors (Lipinski definition) is 0. The minimum Gasteiger partial charge on any atom is -0.483 e. The second kappa shape index (κ2) is 4.15. The van der Waals surface area contributed by atoms with Crippen molar-refractivity contribution < 1.29 is 14.3 Å². The van der Waals surface area contributed by atoms with E-state index in [0.29, 0.717) is 12.2 Å². The van der Waals surface area contributed by atoms with Crippen LogP contribution in [0.1, 0.15) is 25.7 Å². The van der Waals surface area contributed by atoms with Crippen molar-refractivity contribution >= 4 is 5.97 Å². The molecule has 1 aromatic heterocycles. The van der Waals surface area contributed by atoms with Crippen LogP contribution in [-0.4, -0.2) is 28.5 Å². The quantitative estimate of drug-likeness (QED) is 0.723. The number of methoxy groups -OCH3 is 1. The van der Waals surface area contributed by atoms with E-state index in [1.807, 2.05) is 7.05 Å². The van der Waals surface area contributed by atoms with Crippen LogP contribution in [0.5, 0.6) is 5.75 Å². The molecule has 0 radical (unpaired) electrons. The summed E-state index contributed by atoms with van der Waals surface area (Å²) in [6, 6.07) is 0. The van der Waals surface area contributed by atoms with Crippen molar-refractivity contribution in [2.75, 3.05) is 7.11 Å². The predicted molar refractivity (Wildman–Crippen MR) is 57.1 cm³/mol. The first-order valence-corrected chi connectivity index (χ1v) is 5.38. The van der Waals surface area contributed by atoms with E-state index in [2.05, 4.69) is 9.84 Å². The third kappa shape index (κ3) is 2.18. The second-order valence-corrected chi connectivity index (χ2v) is 4.24. The number of carbonyl (C=O) groups is 1. The van der Waals surface area contributed by atoms with Crippen molar-refractivity contribution in [3.05, 3.63) is 12.4 Å². The summed E-state index contributed by atoms with van der Waals surface area (Å²) < 4.78 is 12.2. The topological polar surface area (TPSA) is 53.4 Å². The Morgan fingerprint density at radius 3 is 2.81 bits per heavy atom. The zero-order chi connectivity index (χ0) is 11.6. The van der Waals surface area contributed by atoms with Gasteiger partial charge in [-0.15, -0.1) is 0 Å². The molecule has 1 saturated carbocycles. The molecule has 1 heterocycles. The Kier molecular flexibility index (Phi) is 2.85. The minimum absolute atomic E-state index is 0.219. The number of carbonyl (C=O) groups excluding carboxylic acids is 1. The fraction of sp³-hybridized carbons (Fsp3) is 0.636. The molecule has 0 bridgehead atoms. The molecule has 0 saturated heterocycles. The van der Waals surface area contributed by atoms with Gasteiger partial charge >= 0.3 is 5.97 Å². The van der Waals surface area contributed by atoms with Gasteiger partial charge in [0.2, 0.25) is 0 Å². The third-order valence-corrected chi connectivity index (χ3v) is 2.97. The SMILES string of the molecule is COC(=O)CC1(Oc2cnn(C)c2)CCC1. The maximum absolute atomic E-state index is 11.3. The zero-order valence-electron chi connectivity index (χ0n) is 9.60. The maximum atomic E-state index is 11.3. The van der Waals surface area contributed by atoms with Gasteiger partial charge in [-0.05, 0) is 19.3 Å². The molecule has 0 N–H and O–H groups in total. The van der Waals surface area contributed by atoms with Crippen LogP contribution >= 0.6 is 0 Å². The van der Waals surface area contributed by atoms with Gasteiger partial charge in [0.15, 0.2) is 5.75 Å². The number of nitrogens with zero attached hydrogens (tertiary/aromatic N) is 2. The standard InChI is InChI=1S/C11H16N2O3/c1-13-8-9(7-12-13)16-11(4-3-5-11)6-10(14)15-2/h7-8H,3-6H2,1-2H3. The first-order valence-electron chi connectivity index (χ1n) is 5.38. The largest absolute Gasteiger partial charge is 0.483 e. The maximum Gasteiger partial charge on any atom is 0.309 e. The number of aryl methyl sites for hydroxylation is 1. The minimum atomic E-state index is -0.365. The Hall–Kier alpha value is -1.52. The van der Waals surface area contributed by atoms with Crippen LogP contribution < -0.4 is 4.74 Å². The van der Waals surface area contributed by atoms with E-state index < -0.39 is 0 Å². The van der Waals surface area contributed by atoms with E-state index in [1.54, 1.807) is 17.1 Å². The lowest BCUT2D eigenvalue weighted by Gasteiger charge is -2.40. The first-order chi connectivity index (χ1) is 7.63. The van der Waals surface area contributed by atoms with Crippen LogP contribution in [0.3, 0.4) is 0 Å². The molecule has 0 amide bonds. The lowest BCUT2D eigenvalue weighted by atomic mass is 9.77. The molecule has 0 unspecified atom stereocenters. The molecule has 1 aromatic rings. The Labute approximate surface area is 94.3 Å². The summed E-state index contributed by atoms with van der Waals surface area (Å²) in [4.78, 5) is 11.3. The van der Waals surface area contributed by atoms with Crippen molar-refractivity contribution in [2.24, 2.45) is 7.05 Å². The molecule has 5 nitrogen and oxygen atoms in total. The summed E-state index contributed by atoms with van der Waals surface area (Å²) in [6.07, 6.45) is 6.68. The highest BCUT2D eigenvalue weighted by Crippen LogP contribution is 2.39. The Bertz CT molecular complexity index is 382. The number of esters is 1. The van der Waals surface area contributed by atoms with Crippen LogP contribution in [-0.2, 0) is 16.6 Å². The average Bonchev–Trinajstić information content (AvgIpc) is 2.60. The van der Waals surface area contributed by atoms with E-state index >= 15 is 0 Å². The average molecular weight is 224 g/mol. The Morgan fingerprint density at radius 2 is 2.38 bits per heavy atom. The van der Waals surface area contributed by atoms with Crippen LogP contribution in [0.25, 0.3) is 0 Å². The highest BCUT2D eigenvalue weighted by atomic mass is 16.5. The van der Waals surface area contributed by atoms with E-state index in [9.17, 15) is 4.79 Å². The molecule has 0 aliphatic heterocycles. The van der Waals surface area contributed by atoms with Gasteiger partial charge in [-0.25, -0.2) is 0 Å². The van der Waals surface area contributed by atoms with Crippen molar-refractivity contribution in [3.8, 4) is 5.75 Å². The molecule has 1 fully saturated rings. The third-order valence-electron chi connectivity index (χ3n) is 2.97. The summed E-state index contributed by atoms with van der Waals surface area (Å²) in [6.45, 7) is 0. The van der Waals surface area contributed by atoms with Gasteiger partial charge in [0, 0.05) is 7.05 Å². The van der Waals surface area contributed by atoms with Crippen LogP contribution in [0, 0.1) is 0 Å². The molecule has 2 rings (SSSR count). The van der Waals surface area contributed by atoms with Crippen molar-refractivity contribution in [1.29, 1.82) is 0 Å². The summed E-state index contributed by atoms with van der Waals surface area (Å²) in [5.74, 6) is 0.495. The normalized spacial score (nSPS) is 17.6. The van der Waals surface area contributed by atoms with Crippen molar-refractivity contribution in [2.45, 2.75) is 31.3 Å².